The van der Waals surface area contributed by atoms with Gasteiger partial charge < -0.3 is 4.57 Å². The van der Waals surface area contributed by atoms with Gasteiger partial charge in [0.2, 0.25) is 5.96 Å². The average molecular weight is 580 g/mol. The highest BCUT2D eigenvalue weighted by Crippen LogP contribution is 2.40. The molecule has 0 aliphatic heterocycles. The van der Waals surface area contributed by atoms with Crippen LogP contribution in [0.2, 0.25) is 0 Å². The first-order valence-electron chi connectivity index (χ1n) is 15.0. The van der Waals surface area contributed by atoms with E-state index in [2.05, 4.69) is 124 Å². The van der Waals surface area contributed by atoms with Crippen molar-refractivity contribution in [1.29, 1.82) is 0 Å². The van der Waals surface area contributed by atoms with Crippen LogP contribution in [-0.2, 0) is 6.54 Å². The normalized spacial score (nSPS) is 12.4. The third-order valence-electron chi connectivity index (χ3n) is 8.32. The lowest BCUT2D eigenvalue weighted by Crippen LogP contribution is -2.12. The van der Waals surface area contributed by atoms with E-state index in [4.69, 9.17) is 9.98 Å². The number of benzene rings is 6. The Morgan fingerprint density at radius 2 is 1.18 bits per heavy atom. The minimum Gasteiger partial charge on any atom is -0.309 e. The van der Waals surface area contributed by atoms with Gasteiger partial charge in [0.1, 0.15) is 0 Å². The van der Waals surface area contributed by atoms with Gasteiger partial charge in [0.25, 0.3) is 0 Å². The lowest BCUT2D eigenvalue weighted by molar-refractivity contribution is 1.06. The zero-order valence-electron chi connectivity index (χ0n) is 24.6. The molecule has 0 radical (unpaired) electrons. The topological polar surface area (TPSA) is 46.9 Å². The fourth-order valence-electron chi connectivity index (χ4n) is 6.35. The van der Waals surface area contributed by atoms with Gasteiger partial charge in [-0.3, -0.25) is 9.56 Å². The van der Waals surface area contributed by atoms with E-state index >= 15 is 0 Å². The van der Waals surface area contributed by atoms with Crippen LogP contribution in [0.1, 0.15) is 11.1 Å². The van der Waals surface area contributed by atoms with Gasteiger partial charge in [-0.1, -0.05) is 121 Å². The van der Waals surface area contributed by atoms with E-state index in [0.717, 1.165) is 49.7 Å². The molecule has 0 unspecified atom stereocenters. The molecule has 0 aliphatic carbocycles. The maximum absolute atomic E-state index is 5.12. The van der Waals surface area contributed by atoms with E-state index in [0.29, 0.717) is 18.3 Å². The summed E-state index contributed by atoms with van der Waals surface area (Å²) in [4.78, 5) is 14.6. The molecule has 2 aromatic heterocycles. The second kappa shape index (κ2) is 11.2. The van der Waals surface area contributed by atoms with Crippen LogP contribution in [0.15, 0.2) is 167 Å². The Morgan fingerprint density at radius 3 is 1.91 bits per heavy atom. The van der Waals surface area contributed by atoms with Crippen LogP contribution < -0.4 is 0 Å². The van der Waals surface area contributed by atoms with Crippen molar-refractivity contribution in [1.82, 2.24) is 9.13 Å². The number of rotatable bonds is 4. The Bertz CT molecular complexity index is 2400. The highest BCUT2D eigenvalue weighted by molar-refractivity contribution is 6.28. The zero-order valence-corrected chi connectivity index (χ0v) is 24.6. The van der Waals surface area contributed by atoms with Gasteiger partial charge in [-0.25, -0.2) is 4.99 Å². The molecule has 0 saturated carbocycles. The van der Waals surface area contributed by atoms with Crippen molar-refractivity contribution in [3.63, 3.8) is 0 Å². The van der Waals surface area contributed by atoms with Gasteiger partial charge in [0.05, 0.1) is 28.6 Å². The minimum absolute atomic E-state index is 0.471. The summed E-state index contributed by atoms with van der Waals surface area (Å²) in [5.41, 5.74) is 7.47. The van der Waals surface area contributed by atoms with Crippen LogP contribution in [0.5, 0.6) is 0 Å². The lowest BCUT2D eigenvalue weighted by atomic mass is 10.1. The SMILES string of the molecule is C=N/C(=N\C(=N/Cc1ccccc1)c1ccccc1)n1c2ccccc2c2c1ccc1c3ccccc3n(-c3ccccc3)c12. The highest BCUT2D eigenvalue weighted by Gasteiger charge is 2.21. The molecule has 6 aromatic carbocycles. The summed E-state index contributed by atoms with van der Waals surface area (Å²) in [7, 11) is 0. The second-order valence-electron chi connectivity index (χ2n) is 11.0. The quantitative estimate of drug-likeness (QED) is 0.147. The standard InChI is InChI=1S/C40H29N5/c1-41-40(43-39(29-17-7-3-8-18-29)42-27-28-15-5-2-6-16-28)45-35-24-14-12-22-33(35)37-36(45)26-25-32-31-21-11-13-23-34(31)44(38(32)37)30-19-9-4-10-20-30/h2-26H,1,27H2/b42-39-,43-40+. The van der Waals surface area contributed by atoms with E-state index < -0.39 is 0 Å². The maximum atomic E-state index is 5.12. The monoisotopic (exact) mass is 579 g/mol. The van der Waals surface area contributed by atoms with Crippen LogP contribution in [-0.4, -0.2) is 27.6 Å². The third kappa shape index (κ3) is 4.53. The number of fused-ring (bicyclic) bond motifs is 7. The van der Waals surface area contributed by atoms with Crippen molar-refractivity contribution in [2.45, 2.75) is 6.54 Å². The molecule has 0 atom stereocenters. The Morgan fingerprint density at radius 1 is 0.556 bits per heavy atom. The predicted octanol–water partition coefficient (Wildman–Crippen LogP) is 9.44. The molecule has 0 aliphatic rings. The molecule has 0 amide bonds. The van der Waals surface area contributed by atoms with Crippen molar-refractivity contribution in [3.05, 3.63) is 163 Å². The Kier molecular flexibility index (Phi) is 6.61. The fraction of sp³-hybridized carbons (Fsp3) is 0.0250. The number of para-hydroxylation sites is 3. The van der Waals surface area contributed by atoms with Crippen LogP contribution in [0.4, 0.5) is 0 Å². The number of amidine groups is 1. The number of aliphatic imine (C=N–C) groups is 3. The van der Waals surface area contributed by atoms with Crippen LogP contribution >= 0.6 is 0 Å². The van der Waals surface area contributed by atoms with Crippen molar-refractivity contribution in [3.8, 4) is 5.69 Å². The molecule has 2 heterocycles. The summed E-state index contributed by atoms with van der Waals surface area (Å²) in [6, 6.07) is 52.3. The highest BCUT2D eigenvalue weighted by atomic mass is 15.2. The van der Waals surface area contributed by atoms with E-state index in [-0.39, 0.29) is 0 Å². The summed E-state index contributed by atoms with van der Waals surface area (Å²) in [6.45, 7) is 4.50. The molecule has 45 heavy (non-hydrogen) atoms. The molecule has 0 spiro atoms. The van der Waals surface area contributed by atoms with E-state index in [1.54, 1.807) is 0 Å². The van der Waals surface area contributed by atoms with Crippen LogP contribution in [0.3, 0.4) is 0 Å². The Hall–Kier alpha value is -6.07. The summed E-state index contributed by atoms with van der Waals surface area (Å²) >= 11 is 0. The van der Waals surface area contributed by atoms with Crippen molar-refractivity contribution >= 4 is 62.1 Å². The Balaban J connectivity index is 1.43. The van der Waals surface area contributed by atoms with Gasteiger partial charge in [0, 0.05) is 32.8 Å². The number of hydrogen-bond acceptors (Lipinski definition) is 1. The minimum atomic E-state index is 0.471. The number of hydrogen-bond donors (Lipinski definition) is 0. The summed E-state index contributed by atoms with van der Waals surface area (Å²) in [5, 5.41) is 4.67. The Labute approximate surface area is 260 Å². The van der Waals surface area contributed by atoms with Gasteiger partial charge in [0.15, 0.2) is 5.84 Å². The molecule has 8 rings (SSSR count). The first-order valence-corrected chi connectivity index (χ1v) is 15.0. The van der Waals surface area contributed by atoms with E-state index in [9.17, 15) is 0 Å². The van der Waals surface area contributed by atoms with Crippen molar-refractivity contribution in [2.24, 2.45) is 15.0 Å². The molecule has 5 nitrogen and oxygen atoms in total. The summed E-state index contributed by atoms with van der Waals surface area (Å²) in [6.07, 6.45) is 0. The van der Waals surface area contributed by atoms with Crippen molar-refractivity contribution < 1.29 is 0 Å². The molecule has 214 valence electrons. The zero-order chi connectivity index (χ0) is 30.2. The lowest BCUT2D eigenvalue weighted by Gasteiger charge is -2.10. The van der Waals surface area contributed by atoms with Gasteiger partial charge in [-0.05, 0) is 42.6 Å². The van der Waals surface area contributed by atoms with Gasteiger partial charge in [-0.15, -0.1) is 0 Å². The number of aromatic nitrogens is 2. The fourth-order valence-corrected chi connectivity index (χ4v) is 6.35. The first-order chi connectivity index (χ1) is 22.3. The average Bonchev–Trinajstić information content (AvgIpc) is 3.63. The molecular formula is C40H29N5. The third-order valence-corrected chi connectivity index (χ3v) is 8.32. The molecular weight excluding hydrogens is 550 g/mol. The second-order valence-corrected chi connectivity index (χ2v) is 11.0. The molecule has 0 bridgehead atoms. The summed E-state index contributed by atoms with van der Waals surface area (Å²) < 4.78 is 4.49. The molecule has 5 heteroatoms. The maximum Gasteiger partial charge on any atom is 0.236 e. The molecule has 0 saturated heterocycles. The molecule has 0 fully saturated rings. The van der Waals surface area contributed by atoms with E-state index in [1.165, 1.54) is 10.8 Å². The smallest absolute Gasteiger partial charge is 0.236 e. The van der Waals surface area contributed by atoms with Gasteiger partial charge in [-0.2, -0.15) is 4.99 Å². The largest absolute Gasteiger partial charge is 0.309 e. The molecule has 0 N–H and O–H groups in total. The first kappa shape index (κ1) is 26.5. The van der Waals surface area contributed by atoms with Crippen molar-refractivity contribution in [2.75, 3.05) is 0 Å². The van der Waals surface area contributed by atoms with Crippen LogP contribution in [0, 0.1) is 0 Å². The number of nitrogens with zero attached hydrogens (tertiary/aromatic N) is 5. The van der Waals surface area contributed by atoms with E-state index in [1.807, 2.05) is 48.5 Å². The van der Waals surface area contributed by atoms with Crippen LogP contribution in [0.25, 0.3) is 49.3 Å². The molecule has 8 aromatic rings. The predicted molar refractivity (Wildman–Crippen MR) is 189 cm³/mol. The van der Waals surface area contributed by atoms with Gasteiger partial charge >= 0.3 is 0 Å². The summed E-state index contributed by atoms with van der Waals surface area (Å²) in [5.74, 6) is 1.07.